The summed E-state index contributed by atoms with van der Waals surface area (Å²) in [4.78, 5) is 28.3. The number of amides is 2. The van der Waals surface area contributed by atoms with Crippen molar-refractivity contribution in [3.8, 4) is 0 Å². The van der Waals surface area contributed by atoms with Crippen molar-refractivity contribution in [3.63, 3.8) is 0 Å². The lowest BCUT2D eigenvalue weighted by Gasteiger charge is -2.32. The van der Waals surface area contributed by atoms with Crippen molar-refractivity contribution in [2.45, 2.75) is 45.2 Å². The summed E-state index contributed by atoms with van der Waals surface area (Å²) < 4.78 is 28.5. The van der Waals surface area contributed by atoms with Crippen molar-refractivity contribution in [1.82, 2.24) is 10.2 Å². The van der Waals surface area contributed by atoms with Crippen molar-refractivity contribution in [1.29, 1.82) is 0 Å². The molecule has 0 aliphatic carbocycles. The first kappa shape index (κ1) is 30.5. The maximum absolute atomic E-state index is 13.9. The fraction of sp³-hybridized carbons (Fsp3) is 0.310. The molecule has 39 heavy (non-hydrogen) atoms. The molecule has 0 bridgehead atoms. The molecule has 0 aliphatic rings. The Morgan fingerprint density at radius 3 is 2.13 bits per heavy atom. The highest BCUT2D eigenvalue weighted by Gasteiger charge is 2.32. The van der Waals surface area contributed by atoms with Crippen LogP contribution >= 0.6 is 23.2 Å². The maximum atomic E-state index is 13.9. The Labute approximate surface area is 240 Å². The van der Waals surface area contributed by atoms with E-state index in [0.717, 1.165) is 15.4 Å². The van der Waals surface area contributed by atoms with Crippen molar-refractivity contribution >= 4 is 50.7 Å². The zero-order valence-corrected chi connectivity index (χ0v) is 24.7. The molecule has 0 heterocycles. The van der Waals surface area contributed by atoms with E-state index in [9.17, 15) is 18.0 Å². The normalized spacial score (nSPS) is 12.2. The number of halogens is 2. The van der Waals surface area contributed by atoms with Gasteiger partial charge in [0.25, 0.3) is 10.0 Å². The highest BCUT2D eigenvalue weighted by molar-refractivity contribution is 7.92. The van der Waals surface area contributed by atoms with E-state index in [2.05, 4.69) is 5.32 Å². The van der Waals surface area contributed by atoms with E-state index in [1.807, 2.05) is 45.0 Å². The topological polar surface area (TPSA) is 86.8 Å². The van der Waals surface area contributed by atoms with Gasteiger partial charge < -0.3 is 10.2 Å². The van der Waals surface area contributed by atoms with E-state index in [1.54, 1.807) is 25.1 Å². The second kappa shape index (κ2) is 13.3. The SMILES string of the molecule is Cc1ccc(CN(C(=O)CN(c2ccc(Cl)c(Cl)c2)S(=O)(=O)c2ccccc2)[C@@H](C)C(=O)NCC(C)C)cc1. The number of anilines is 1. The van der Waals surface area contributed by atoms with Crippen LogP contribution in [0.1, 0.15) is 31.9 Å². The van der Waals surface area contributed by atoms with Crippen LogP contribution < -0.4 is 9.62 Å². The van der Waals surface area contributed by atoms with Crippen molar-refractivity contribution in [3.05, 3.63) is 94.0 Å². The van der Waals surface area contributed by atoms with Crippen LogP contribution in [0.15, 0.2) is 77.7 Å². The van der Waals surface area contributed by atoms with Gasteiger partial charge in [0.2, 0.25) is 11.8 Å². The van der Waals surface area contributed by atoms with Gasteiger partial charge in [0, 0.05) is 13.1 Å². The fourth-order valence-electron chi connectivity index (χ4n) is 3.81. The lowest BCUT2D eigenvalue weighted by molar-refractivity contribution is -0.139. The number of nitrogens with one attached hydrogen (secondary N) is 1. The number of hydrogen-bond donors (Lipinski definition) is 1. The quantitative estimate of drug-likeness (QED) is 0.311. The first-order chi connectivity index (χ1) is 18.4. The molecule has 0 saturated heterocycles. The number of benzene rings is 3. The average molecular weight is 591 g/mol. The van der Waals surface area contributed by atoms with Gasteiger partial charge in [-0.25, -0.2) is 8.42 Å². The third-order valence-corrected chi connectivity index (χ3v) is 8.65. The minimum atomic E-state index is -4.17. The zero-order chi connectivity index (χ0) is 28.7. The van der Waals surface area contributed by atoms with Crippen LogP contribution in [0.4, 0.5) is 5.69 Å². The van der Waals surface area contributed by atoms with Gasteiger partial charge in [-0.3, -0.25) is 13.9 Å². The summed E-state index contributed by atoms with van der Waals surface area (Å²) in [5.41, 5.74) is 2.04. The van der Waals surface area contributed by atoms with E-state index >= 15 is 0 Å². The Bertz CT molecular complexity index is 1400. The monoisotopic (exact) mass is 589 g/mol. The molecule has 0 unspecified atom stereocenters. The van der Waals surface area contributed by atoms with E-state index in [0.29, 0.717) is 6.54 Å². The van der Waals surface area contributed by atoms with E-state index in [1.165, 1.54) is 35.2 Å². The van der Waals surface area contributed by atoms with Gasteiger partial charge in [0.1, 0.15) is 12.6 Å². The Kier molecular flexibility index (Phi) is 10.4. The Morgan fingerprint density at radius 2 is 1.54 bits per heavy atom. The van der Waals surface area contributed by atoms with Gasteiger partial charge >= 0.3 is 0 Å². The molecule has 0 aromatic heterocycles. The molecular formula is C29H33Cl2N3O4S. The first-order valence-corrected chi connectivity index (χ1v) is 14.7. The van der Waals surface area contributed by atoms with Crippen LogP contribution in [-0.4, -0.2) is 44.3 Å². The van der Waals surface area contributed by atoms with Crippen LogP contribution in [0.2, 0.25) is 10.0 Å². The summed E-state index contributed by atoms with van der Waals surface area (Å²) in [5.74, 6) is -0.645. The molecule has 0 saturated carbocycles. The van der Waals surface area contributed by atoms with Gasteiger partial charge in [-0.15, -0.1) is 0 Å². The number of carbonyl (C=O) groups excluding carboxylic acids is 2. The predicted octanol–water partition coefficient (Wildman–Crippen LogP) is 5.69. The smallest absolute Gasteiger partial charge is 0.264 e. The van der Waals surface area contributed by atoms with Crippen LogP contribution in [0, 0.1) is 12.8 Å². The summed E-state index contributed by atoms with van der Waals surface area (Å²) in [6, 6.07) is 18.9. The molecule has 1 atom stereocenters. The summed E-state index contributed by atoms with van der Waals surface area (Å²) in [6.07, 6.45) is 0. The molecule has 0 fully saturated rings. The van der Waals surface area contributed by atoms with Gasteiger partial charge in [0.15, 0.2) is 0 Å². The van der Waals surface area contributed by atoms with Crippen molar-refractivity contribution in [2.75, 3.05) is 17.4 Å². The van der Waals surface area contributed by atoms with E-state index in [-0.39, 0.29) is 39.0 Å². The number of hydrogen-bond acceptors (Lipinski definition) is 4. The second-order valence-corrected chi connectivity index (χ2v) is 12.4. The molecule has 3 aromatic rings. The summed E-state index contributed by atoms with van der Waals surface area (Å²) in [6.45, 7) is 7.56. The van der Waals surface area contributed by atoms with E-state index in [4.69, 9.17) is 23.2 Å². The molecule has 1 N–H and O–H groups in total. The molecule has 0 spiro atoms. The fourth-order valence-corrected chi connectivity index (χ4v) is 5.53. The van der Waals surface area contributed by atoms with Gasteiger partial charge in [-0.05, 0) is 55.7 Å². The summed E-state index contributed by atoms with van der Waals surface area (Å²) in [7, 11) is -4.17. The summed E-state index contributed by atoms with van der Waals surface area (Å²) >= 11 is 12.3. The molecule has 0 aliphatic heterocycles. The molecule has 7 nitrogen and oxygen atoms in total. The molecule has 3 aromatic carbocycles. The van der Waals surface area contributed by atoms with Crippen LogP contribution in [0.25, 0.3) is 0 Å². The largest absolute Gasteiger partial charge is 0.354 e. The molecule has 10 heteroatoms. The minimum absolute atomic E-state index is 0.0108. The van der Waals surface area contributed by atoms with Crippen molar-refractivity contribution in [2.24, 2.45) is 5.92 Å². The summed E-state index contributed by atoms with van der Waals surface area (Å²) in [5, 5.41) is 3.27. The highest BCUT2D eigenvalue weighted by atomic mass is 35.5. The van der Waals surface area contributed by atoms with Gasteiger partial charge in [0.05, 0.1) is 20.6 Å². The standard InChI is InChI=1S/C29H33Cl2N3O4S/c1-20(2)17-32-29(36)22(4)33(18-23-12-10-21(3)11-13-23)28(35)19-34(24-14-15-26(30)27(31)16-24)39(37,38)25-8-6-5-7-9-25/h5-16,20,22H,17-19H2,1-4H3,(H,32,36)/t22-/m0/s1. The van der Waals surface area contributed by atoms with Gasteiger partial charge in [-0.1, -0.05) is 85.1 Å². The molecule has 0 radical (unpaired) electrons. The Hall–Kier alpha value is -3.07. The Balaban J connectivity index is 2.02. The van der Waals surface area contributed by atoms with Crippen LogP contribution in [0.3, 0.4) is 0 Å². The zero-order valence-electron chi connectivity index (χ0n) is 22.4. The lowest BCUT2D eigenvalue weighted by Crippen LogP contribution is -2.51. The number of aryl methyl sites for hydroxylation is 1. The van der Waals surface area contributed by atoms with Crippen LogP contribution in [0.5, 0.6) is 0 Å². The lowest BCUT2D eigenvalue weighted by atomic mass is 10.1. The number of carbonyl (C=O) groups is 2. The number of nitrogens with zero attached hydrogens (tertiary/aromatic N) is 2. The number of sulfonamides is 1. The minimum Gasteiger partial charge on any atom is -0.354 e. The van der Waals surface area contributed by atoms with E-state index < -0.39 is 28.5 Å². The molecule has 208 valence electrons. The highest BCUT2D eigenvalue weighted by Crippen LogP contribution is 2.31. The second-order valence-electron chi connectivity index (χ2n) is 9.75. The predicted molar refractivity (Wildman–Crippen MR) is 156 cm³/mol. The molecule has 3 rings (SSSR count). The molecule has 2 amide bonds. The Morgan fingerprint density at radius 1 is 0.897 bits per heavy atom. The van der Waals surface area contributed by atoms with Gasteiger partial charge in [-0.2, -0.15) is 0 Å². The van der Waals surface area contributed by atoms with Crippen molar-refractivity contribution < 1.29 is 18.0 Å². The molecular weight excluding hydrogens is 557 g/mol. The maximum Gasteiger partial charge on any atom is 0.264 e. The average Bonchev–Trinajstić information content (AvgIpc) is 2.91. The third kappa shape index (κ3) is 7.97. The van der Waals surface area contributed by atoms with Crippen LogP contribution in [-0.2, 0) is 26.2 Å². The number of rotatable bonds is 11. The third-order valence-electron chi connectivity index (χ3n) is 6.13. The first-order valence-electron chi connectivity index (χ1n) is 12.6.